The quantitative estimate of drug-likeness (QED) is 0.781. The first-order valence-corrected chi connectivity index (χ1v) is 7.20. The van der Waals surface area contributed by atoms with Crippen LogP contribution in [-0.2, 0) is 0 Å². The summed E-state index contributed by atoms with van der Waals surface area (Å²) in [6, 6.07) is 0.444. The van der Waals surface area contributed by atoms with Gasteiger partial charge in [-0.25, -0.2) is 4.98 Å². The normalized spacial score (nSPS) is 15.0. The predicted octanol–water partition coefficient (Wildman–Crippen LogP) is 3.93. The highest BCUT2D eigenvalue weighted by molar-refractivity contribution is 7.09. The largest absolute Gasteiger partial charge is 0.309 e. The molecule has 0 aromatic carbocycles. The molecule has 1 rings (SSSR count). The van der Waals surface area contributed by atoms with E-state index in [1.165, 1.54) is 30.0 Å². The van der Waals surface area contributed by atoms with Crippen molar-refractivity contribution in [2.75, 3.05) is 6.54 Å². The minimum absolute atomic E-state index is 0.444. The van der Waals surface area contributed by atoms with E-state index in [9.17, 15) is 0 Å². The van der Waals surface area contributed by atoms with Crippen LogP contribution in [0.2, 0.25) is 0 Å². The summed E-state index contributed by atoms with van der Waals surface area (Å²) in [5.41, 5.74) is 1.23. The second kappa shape index (κ2) is 7.02. The molecule has 0 saturated heterocycles. The van der Waals surface area contributed by atoms with E-state index in [2.05, 4.69) is 43.4 Å². The lowest BCUT2D eigenvalue weighted by atomic mass is 9.97. The van der Waals surface area contributed by atoms with Crippen LogP contribution in [0.1, 0.15) is 56.8 Å². The minimum Gasteiger partial charge on any atom is -0.309 e. The van der Waals surface area contributed by atoms with Crippen molar-refractivity contribution < 1.29 is 0 Å². The van der Waals surface area contributed by atoms with Crippen LogP contribution in [0.3, 0.4) is 0 Å². The van der Waals surface area contributed by atoms with Crippen molar-refractivity contribution in [2.24, 2.45) is 5.92 Å². The molecular weight excluding hydrogens is 216 g/mol. The molecule has 16 heavy (non-hydrogen) atoms. The summed E-state index contributed by atoms with van der Waals surface area (Å²) in [6.45, 7) is 9.94. The van der Waals surface area contributed by atoms with Gasteiger partial charge in [-0.05, 0) is 32.2 Å². The lowest BCUT2D eigenvalue weighted by molar-refractivity contribution is 0.397. The van der Waals surface area contributed by atoms with Crippen LogP contribution < -0.4 is 5.32 Å². The molecule has 1 N–H and O–H groups in total. The fraction of sp³-hybridized carbons (Fsp3) is 0.769. The number of nitrogens with zero attached hydrogens (tertiary/aromatic N) is 1. The maximum atomic E-state index is 4.61. The third-order valence-electron chi connectivity index (χ3n) is 2.97. The van der Waals surface area contributed by atoms with Crippen molar-refractivity contribution in [2.45, 2.75) is 53.0 Å². The minimum atomic E-state index is 0.444. The van der Waals surface area contributed by atoms with Crippen molar-refractivity contribution in [3.8, 4) is 0 Å². The average molecular weight is 240 g/mol. The number of thiazole rings is 1. The number of hydrogen-bond donors (Lipinski definition) is 1. The highest BCUT2D eigenvalue weighted by Gasteiger charge is 2.16. The first kappa shape index (κ1) is 13.7. The summed E-state index contributed by atoms with van der Waals surface area (Å²) >= 11 is 1.75. The Hall–Kier alpha value is -0.410. The molecule has 0 aliphatic rings. The summed E-state index contributed by atoms with van der Waals surface area (Å²) in [7, 11) is 0. The van der Waals surface area contributed by atoms with Crippen LogP contribution in [0.5, 0.6) is 0 Å². The van der Waals surface area contributed by atoms with Gasteiger partial charge in [0.1, 0.15) is 0 Å². The van der Waals surface area contributed by atoms with Gasteiger partial charge in [-0.2, -0.15) is 0 Å². The molecule has 0 aliphatic carbocycles. The fourth-order valence-corrected chi connectivity index (χ4v) is 2.40. The van der Waals surface area contributed by atoms with Crippen LogP contribution in [0.4, 0.5) is 0 Å². The molecule has 1 aromatic rings. The number of hydrogen-bond acceptors (Lipinski definition) is 3. The van der Waals surface area contributed by atoms with Gasteiger partial charge in [0.05, 0.1) is 16.7 Å². The Morgan fingerprint density at radius 3 is 2.69 bits per heavy atom. The zero-order chi connectivity index (χ0) is 12.0. The summed E-state index contributed by atoms with van der Waals surface area (Å²) in [4.78, 5) is 4.61. The Morgan fingerprint density at radius 1 is 1.44 bits per heavy atom. The topological polar surface area (TPSA) is 24.9 Å². The molecule has 2 unspecified atom stereocenters. The van der Waals surface area contributed by atoms with Crippen molar-refractivity contribution in [1.82, 2.24) is 10.3 Å². The monoisotopic (exact) mass is 240 g/mol. The predicted molar refractivity (Wildman–Crippen MR) is 72.0 cm³/mol. The molecule has 0 spiro atoms. The molecule has 1 aromatic heterocycles. The maximum Gasteiger partial charge on any atom is 0.0898 e. The Labute approximate surface area is 103 Å². The molecule has 0 saturated carbocycles. The summed E-state index contributed by atoms with van der Waals surface area (Å²) < 4.78 is 0. The summed E-state index contributed by atoms with van der Waals surface area (Å²) in [5, 5.41) is 6.98. The van der Waals surface area contributed by atoms with Crippen molar-refractivity contribution in [3.05, 3.63) is 16.1 Å². The van der Waals surface area contributed by atoms with Crippen molar-refractivity contribution >= 4 is 11.3 Å². The Bertz CT molecular complexity index is 296. The molecule has 1 heterocycles. The van der Waals surface area contributed by atoms with Crippen molar-refractivity contribution in [3.63, 3.8) is 0 Å². The van der Waals surface area contributed by atoms with Gasteiger partial charge in [0, 0.05) is 5.38 Å². The molecule has 0 aliphatic heterocycles. The highest BCUT2D eigenvalue weighted by Crippen LogP contribution is 2.24. The summed E-state index contributed by atoms with van der Waals surface area (Å²) in [5.74, 6) is 0.761. The number of rotatable bonds is 7. The van der Waals surface area contributed by atoms with Gasteiger partial charge >= 0.3 is 0 Å². The van der Waals surface area contributed by atoms with Gasteiger partial charge in [-0.15, -0.1) is 11.3 Å². The zero-order valence-electron chi connectivity index (χ0n) is 10.9. The molecule has 3 heteroatoms. The molecule has 0 radical (unpaired) electrons. The third-order valence-corrected chi connectivity index (χ3v) is 3.76. The third kappa shape index (κ3) is 4.22. The van der Waals surface area contributed by atoms with Gasteiger partial charge < -0.3 is 5.32 Å². The van der Waals surface area contributed by atoms with E-state index in [1.807, 2.05) is 0 Å². The van der Waals surface area contributed by atoms with Gasteiger partial charge in [0.2, 0.25) is 0 Å². The molecule has 0 amide bonds. The first-order valence-electron chi connectivity index (χ1n) is 6.32. The van der Waals surface area contributed by atoms with E-state index < -0.39 is 0 Å². The van der Waals surface area contributed by atoms with Crippen molar-refractivity contribution in [1.29, 1.82) is 0 Å². The van der Waals surface area contributed by atoms with E-state index in [0.29, 0.717) is 6.04 Å². The smallest absolute Gasteiger partial charge is 0.0898 e. The standard InChI is InChI=1S/C13H24N2S/c1-5-7-14-12(8-10(3)6-2)13-9-16-11(4)15-13/h9-10,12,14H,5-8H2,1-4H3. The van der Waals surface area contributed by atoms with Crippen LogP contribution in [0.15, 0.2) is 5.38 Å². The van der Waals surface area contributed by atoms with Gasteiger partial charge in [-0.3, -0.25) is 0 Å². The second-order valence-corrected chi connectivity index (χ2v) is 5.61. The Kier molecular flexibility index (Phi) is 5.99. The molecule has 2 atom stereocenters. The van der Waals surface area contributed by atoms with Crippen LogP contribution in [-0.4, -0.2) is 11.5 Å². The van der Waals surface area contributed by atoms with E-state index in [1.54, 1.807) is 11.3 Å². The molecule has 92 valence electrons. The van der Waals surface area contributed by atoms with Crippen LogP contribution >= 0.6 is 11.3 Å². The van der Waals surface area contributed by atoms with E-state index >= 15 is 0 Å². The van der Waals surface area contributed by atoms with Crippen LogP contribution in [0, 0.1) is 12.8 Å². The number of aryl methyl sites for hydroxylation is 1. The summed E-state index contributed by atoms with van der Waals surface area (Å²) in [6.07, 6.45) is 3.62. The van der Waals surface area contributed by atoms with E-state index in [4.69, 9.17) is 0 Å². The van der Waals surface area contributed by atoms with E-state index in [0.717, 1.165) is 12.5 Å². The van der Waals surface area contributed by atoms with Gasteiger partial charge in [0.25, 0.3) is 0 Å². The second-order valence-electron chi connectivity index (χ2n) is 4.55. The zero-order valence-corrected chi connectivity index (χ0v) is 11.7. The van der Waals surface area contributed by atoms with Crippen LogP contribution in [0.25, 0.3) is 0 Å². The molecule has 0 bridgehead atoms. The maximum absolute atomic E-state index is 4.61. The van der Waals surface area contributed by atoms with E-state index in [-0.39, 0.29) is 0 Å². The fourth-order valence-electron chi connectivity index (χ4n) is 1.74. The highest BCUT2D eigenvalue weighted by atomic mass is 32.1. The SMILES string of the molecule is CCCNC(CC(C)CC)c1csc(C)n1. The van der Waals surface area contributed by atoms with Gasteiger partial charge in [-0.1, -0.05) is 27.2 Å². The van der Waals surface area contributed by atoms with Gasteiger partial charge in [0.15, 0.2) is 0 Å². The Morgan fingerprint density at radius 2 is 2.19 bits per heavy atom. The molecule has 0 fully saturated rings. The number of aromatic nitrogens is 1. The Balaban J connectivity index is 2.62. The molecular formula is C13H24N2S. The average Bonchev–Trinajstić information content (AvgIpc) is 2.70. The first-order chi connectivity index (χ1) is 7.67. The number of nitrogens with one attached hydrogen (secondary N) is 1. The lowest BCUT2D eigenvalue weighted by Crippen LogP contribution is -2.24. The molecule has 2 nitrogen and oxygen atoms in total. The lowest BCUT2D eigenvalue weighted by Gasteiger charge is -2.19.